The molecule has 0 fully saturated rings. The molecular weight excluding hydrogens is 114 g/mol. The smallest absolute Gasteiger partial charge is 0.0894 e. The minimum absolute atomic E-state index is 0.0995. The summed E-state index contributed by atoms with van der Waals surface area (Å²) in [6, 6.07) is 0.0995. The maximum atomic E-state index is 9.23. The second-order valence-electron chi connectivity index (χ2n) is 2.37. The molecule has 0 saturated heterocycles. The van der Waals surface area contributed by atoms with E-state index in [1.54, 1.807) is 0 Å². The molecule has 0 spiro atoms. The number of aliphatic hydroxyl groups excluding tert-OH is 1. The Labute approximate surface area is 56.6 Å². The number of aliphatic hydroxyl groups is 1. The quantitative estimate of drug-likeness (QED) is 0.545. The summed E-state index contributed by atoms with van der Waals surface area (Å²) in [5.74, 6) is 0. The van der Waals surface area contributed by atoms with E-state index in [1.807, 2.05) is 20.9 Å². The SMILES string of the molecule is C=C(C)[C@@H](O)[C@H](C)NC. The van der Waals surface area contributed by atoms with Crippen LogP contribution in [0.1, 0.15) is 13.8 Å². The number of likely N-dealkylation sites (N-methyl/N-ethyl adjacent to an activating group) is 1. The van der Waals surface area contributed by atoms with Crippen LogP contribution in [0.2, 0.25) is 0 Å². The monoisotopic (exact) mass is 129 g/mol. The Balaban J connectivity index is 3.72. The van der Waals surface area contributed by atoms with Crippen molar-refractivity contribution in [3.05, 3.63) is 12.2 Å². The number of rotatable bonds is 3. The van der Waals surface area contributed by atoms with Gasteiger partial charge in [-0.25, -0.2) is 0 Å². The first-order chi connectivity index (χ1) is 4.09. The highest BCUT2D eigenvalue weighted by Crippen LogP contribution is 2.01. The second kappa shape index (κ2) is 3.64. The van der Waals surface area contributed by atoms with Gasteiger partial charge in [-0.15, -0.1) is 0 Å². The van der Waals surface area contributed by atoms with Crippen molar-refractivity contribution in [2.45, 2.75) is 26.0 Å². The third-order valence-electron chi connectivity index (χ3n) is 1.43. The van der Waals surface area contributed by atoms with Crippen molar-refractivity contribution < 1.29 is 5.11 Å². The van der Waals surface area contributed by atoms with Gasteiger partial charge in [-0.2, -0.15) is 0 Å². The summed E-state index contributed by atoms with van der Waals surface area (Å²) in [5.41, 5.74) is 0.803. The predicted molar refractivity (Wildman–Crippen MR) is 39.3 cm³/mol. The van der Waals surface area contributed by atoms with Crippen molar-refractivity contribution in [2.24, 2.45) is 0 Å². The van der Waals surface area contributed by atoms with Gasteiger partial charge < -0.3 is 10.4 Å². The molecule has 0 bridgehead atoms. The van der Waals surface area contributed by atoms with Crippen molar-refractivity contribution in [3.8, 4) is 0 Å². The lowest BCUT2D eigenvalue weighted by atomic mass is 10.1. The maximum absolute atomic E-state index is 9.23. The maximum Gasteiger partial charge on any atom is 0.0894 e. The molecule has 0 aromatic carbocycles. The second-order valence-corrected chi connectivity index (χ2v) is 2.37. The highest BCUT2D eigenvalue weighted by molar-refractivity contribution is 5.00. The number of nitrogens with one attached hydrogen (secondary N) is 1. The molecule has 2 atom stereocenters. The molecule has 2 nitrogen and oxygen atoms in total. The van der Waals surface area contributed by atoms with Crippen LogP contribution in [0.3, 0.4) is 0 Å². The summed E-state index contributed by atoms with van der Waals surface area (Å²) in [5, 5.41) is 12.2. The average molecular weight is 129 g/mol. The summed E-state index contributed by atoms with van der Waals surface area (Å²) < 4.78 is 0. The fourth-order valence-electron chi connectivity index (χ4n) is 0.585. The van der Waals surface area contributed by atoms with Crippen molar-refractivity contribution in [1.82, 2.24) is 5.32 Å². The van der Waals surface area contributed by atoms with Gasteiger partial charge in [0.1, 0.15) is 0 Å². The van der Waals surface area contributed by atoms with Gasteiger partial charge in [-0.3, -0.25) is 0 Å². The Kier molecular flexibility index (Phi) is 3.50. The van der Waals surface area contributed by atoms with Crippen LogP contribution in [0.25, 0.3) is 0 Å². The van der Waals surface area contributed by atoms with Crippen LogP contribution in [0.5, 0.6) is 0 Å². The minimum atomic E-state index is -0.421. The Bertz CT molecular complexity index is 101. The fourth-order valence-corrected chi connectivity index (χ4v) is 0.585. The lowest BCUT2D eigenvalue weighted by Crippen LogP contribution is -2.35. The largest absolute Gasteiger partial charge is 0.387 e. The molecule has 0 aromatic rings. The van der Waals surface area contributed by atoms with E-state index in [4.69, 9.17) is 0 Å². The van der Waals surface area contributed by atoms with Gasteiger partial charge in [0.05, 0.1) is 6.10 Å². The minimum Gasteiger partial charge on any atom is -0.387 e. The summed E-state index contributed by atoms with van der Waals surface area (Å²) in [7, 11) is 1.82. The van der Waals surface area contributed by atoms with E-state index in [2.05, 4.69) is 11.9 Å². The molecule has 0 heterocycles. The van der Waals surface area contributed by atoms with E-state index in [-0.39, 0.29) is 6.04 Å². The highest BCUT2D eigenvalue weighted by atomic mass is 16.3. The van der Waals surface area contributed by atoms with Crippen molar-refractivity contribution >= 4 is 0 Å². The highest BCUT2D eigenvalue weighted by Gasteiger charge is 2.10. The summed E-state index contributed by atoms with van der Waals surface area (Å²) >= 11 is 0. The normalized spacial score (nSPS) is 16.9. The first-order valence-corrected chi connectivity index (χ1v) is 3.10. The zero-order chi connectivity index (χ0) is 7.44. The van der Waals surface area contributed by atoms with Gasteiger partial charge in [-0.05, 0) is 20.9 Å². The van der Waals surface area contributed by atoms with Crippen LogP contribution in [-0.2, 0) is 0 Å². The molecule has 0 aliphatic carbocycles. The van der Waals surface area contributed by atoms with Gasteiger partial charge in [0.2, 0.25) is 0 Å². The molecule has 9 heavy (non-hydrogen) atoms. The third kappa shape index (κ3) is 2.63. The Morgan fingerprint density at radius 1 is 1.67 bits per heavy atom. The molecule has 0 saturated carbocycles. The Hall–Kier alpha value is -0.340. The summed E-state index contributed by atoms with van der Waals surface area (Å²) in [6.07, 6.45) is -0.421. The van der Waals surface area contributed by atoms with Crippen molar-refractivity contribution in [3.63, 3.8) is 0 Å². The van der Waals surface area contributed by atoms with E-state index in [1.165, 1.54) is 0 Å². The predicted octanol–water partition coefficient (Wildman–Crippen LogP) is 0.531. The van der Waals surface area contributed by atoms with Gasteiger partial charge >= 0.3 is 0 Å². The third-order valence-corrected chi connectivity index (χ3v) is 1.43. The van der Waals surface area contributed by atoms with Crippen LogP contribution >= 0.6 is 0 Å². The lowest BCUT2D eigenvalue weighted by Gasteiger charge is -2.17. The van der Waals surface area contributed by atoms with Gasteiger partial charge in [0, 0.05) is 6.04 Å². The zero-order valence-electron chi connectivity index (χ0n) is 6.31. The van der Waals surface area contributed by atoms with Gasteiger partial charge in [0.15, 0.2) is 0 Å². The summed E-state index contributed by atoms with van der Waals surface area (Å²) in [6.45, 7) is 7.37. The van der Waals surface area contributed by atoms with E-state index in [0.717, 1.165) is 5.57 Å². The van der Waals surface area contributed by atoms with Gasteiger partial charge in [0.25, 0.3) is 0 Å². The molecule has 0 rings (SSSR count). The fraction of sp³-hybridized carbons (Fsp3) is 0.714. The molecule has 0 aromatic heterocycles. The first kappa shape index (κ1) is 8.66. The van der Waals surface area contributed by atoms with Crippen LogP contribution in [0, 0.1) is 0 Å². The molecule has 54 valence electrons. The van der Waals surface area contributed by atoms with E-state index in [9.17, 15) is 5.11 Å². The van der Waals surface area contributed by atoms with Crippen LogP contribution in [-0.4, -0.2) is 24.3 Å². The van der Waals surface area contributed by atoms with Crippen molar-refractivity contribution in [1.29, 1.82) is 0 Å². The Morgan fingerprint density at radius 2 is 2.11 bits per heavy atom. The zero-order valence-corrected chi connectivity index (χ0v) is 6.31. The first-order valence-electron chi connectivity index (χ1n) is 3.10. The van der Waals surface area contributed by atoms with Crippen LogP contribution < -0.4 is 5.32 Å². The average Bonchev–Trinajstić information content (AvgIpc) is 1.84. The van der Waals surface area contributed by atoms with Crippen LogP contribution in [0.4, 0.5) is 0 Å². The molecule has 0 unspecified atom stereocenters. The molecule has 0 radical (unpaired) electrons. The molecule has 0 aliphatic rings. The standard InChI is InChI=1S/C7H15NO/c1-5(2)7(9)6(3)8-4/h6-9H,1H2,2-4H3/t6-,7+/m0/s1. The van der Waals surface area contributed by atoms with Gasteiger partial charge in [-0.1, -0.05) is 12.2 Å². The van der Waals surface area contributed by atoms with E-state index < -0.39 is 6.10 Å². The van der Waals surface area contributed by atoms with Crippen molar-refractivity contribution in [2.75, 3.05) is 7.05 Å². The van der Waals surface area contributed by atoms with Crippen LogP contribution in [0.15, 0.2) is 12.2 Å². The van der Waals surface area contributed by atoms with E-state index in [0.29, 0.717) is 0 Å². The lowest BCUT2D eigenvalue weighted by molar-refractivity contribution is 0.173. The Morgan fingerprint density at radius 3 is 2.22 bits per heavy atom. The topological polar surface area (TPSA) is 32.3 Å². The molecule has 2 N–H and O–H groups in total. The number of hydrogen-bond donors (Lipinski definition) is 2. The molecule has 0 aliphatic heterocycles. The summed E-state index contributed by atoms with van der Waals surface area (Å²) in [4.78, 5) is 0. The molecular formula is C7H15NO. The molecule has 2 heteroatoms. The van der Waals surface area contributed by atoms with E-state index >= 15 is 0 Å². The molecule has 0 amide bonds. The number of hydrogen-bond acceptors (Lipinski definition) is 2.